The summed E-state index contributed by atoms with van der Waals surface area (Å²) < 4.78 is 13.4. The average Bonchev–Trinajstić information content (AvgIpc) is 2.63. The van der Waals surface area contributed by atoms with Crippen LogP contribution in [0, 0.1) is 5.82 Å². The Morgan fingerprint density at radius 1 is 1.19 bits per heavy atom. The fraction of sp³-hybridized carbons (Fsp3) is 0.381. The van der Waals surface area contributed by atoms with E-state index < -0.39 is 5.60 Å². The van der Waals surface area contributed by atoms with E-state index in [2.05, 4.69) is 10.2 Å². The van der Waals surface area contributed by atoms with Crippen LogP contribution in [0.5, 0.6) is 0 Å². The molecule has 6 heteroatoms. The molecule has 2 aromatic rings. The normalized spacial score (nSPS) is 16.9. The van der Waals surface area contributed by atoms with Gasteiger partial charge in [-0.3, -0.25) is 4.79 Å². The van der Waals surface area contributed by atoms with Crippen molar-refractivity contribution in [3.63, 3.8) is 0 Å². The maximum Gasteiger partial charge on any atom is 0.224 e. The summed E-state index contributed by atoms with van der Waals surface area (Å²) in [6.07, 6.45) is 1.40. The van der Waals surface area contributed by atoms with Gasteiger partial charge in [-0.2, -0.15) is 0 Å². The highest BCUT2D eigenvalue weighted by Gasteiger charge is 2.33. The second-order valence-corrected chi connectivity index (χ2v) is 7.48. The number of nitrogens with zero attached hydrogens (tertiary/aromatic N) is 1. The van der Waals surface area contributed by atoms with Gasteiger partial charge in [-0.1, -0.05) is 35.9 Å². The second kappa shape index (κ2) is 8.83. The molecule has 0 aromatic heterocycles. The standard InChI is InChI=1S/C21H24ClFN2O2/c22-18-5-1-3-16(13-18)14-20(26)24-9-12-25-10-7-21(27,8-11-25)17-4-2-6-19(23)15-17/h1-6,13,15,27H,7-12,14H2,(H,24,26). The van der Waals surface area contributed by atoms with Gasteiger partial charge in [0.15, 0.2) is 0 Å². The van der Waals surface area contributed by atoms with Crippen molar-refractivity contribution < 1.29 is 14.3 Å². The SMILES string of the molecule is O=C(Cc1cccc(Cl)c1)NCCN1CCC(O)(c2cccc(F)c2)CC1. The molecule has 1 aliphatic heterocycles. The van der Waals surface area contributed by atoms with E-state index in [4.69, 9.17) is 11.6 Å². The Bertz CT molecular complexity index is 791. The van der Waals surface area contributed by atoms with Crippen LogP contribution < -0.4 is 5.32 Å². The predicted octanol–water partition coefficient (Wildman–Crippen LogP) is 3.12. The number of aliphatic hydroxyl groups is 1. The van der Waals surface area contributed by atoms with Crippen molar-refractivity contribution in [1.29, 1.82) is 0 Å². The third-order valence-corrected chi connectivity index (χ3v) is 5.28. The minimum Gasteiger partial charge on any atom is -0.385 e. The molecule has 0 unspecified atom stereocenters. The van der Waals surface area contributed by atoms with E-state index in [0.717, 1.165) is 12.1 Å². The minimum absolute atomic E-state index is 0.0365. The molecular weight excluding hydrogens is 367 g/mol. The fourth-order valence-corrected chi connectivity index (χ4v) is 3.67. The van der Waals surface area contributed by atoms with Crippen LogP contribution in [0.15, 0.2) is 48.5 Å². The number of piperidine rings is 1. The van der Waals surface area contributed by atoms with Crippen LogP contribution in [0.1, 0.15) is 24.0 Å². The lowest BCUT2D eigenvalue weighted by molar-refractivity contribution is -0.120. The first-order chi connectivity index (χ1) is 12.9. The van der Waals surface area contributed by atoms with Gasteiger partial charge in [-0.25, -0.2) is 4.39 Å². The largest absolute Gasteiger partial charge is 0.385 e. The topological polar surface area (TPSA) is 52.6 Å². The molecule has 0 bridgehead atoms. The van der Waals surface area contributed by atoms with E-state index >= 15 is 0 Å². The number of hydrogen-bond donors (Lipinski definition) is 2. The van der Waals surface area contributed by atoms with Crippen molar-refractivity contribution in [3.05, 3.63) is 70.5 Å². The Morgan fingerprint density at radius 2 is 1.93 bits per heavy atom. The molecule has 1 amide bonds. The summed E-state index contributed by atoms with van der Waals surface area (Å²) in [6, 6.07) is 13.5. The summed E-state index contributed by atoms with van der Waals surface area (Å²) in [7, 11) is 0. The molecule has 27 heavy (non-hydrogen) atoms. The average molecular weight is 391 g/mol. The molecule has 0 spiro atoms. The number of nitrogens with one attached hydrogen (secondary N) is 1. The van der Waals surface area contributed by atoms with Gasteiger partial charge < -0.3 is 15.3 Å². The van der Waals surface area contributed by atoms with Gasteiger partial charge in [0.25, 0.3) is 0 Å². The zero-order valence-corrected chi connectivity index (χ0v) is 15.9. The van der Waals surface area contributed by atoms with Gasteiger partial charge in [-0.05, 0) is 48.2 Å². The van der Waals surface area contributed by atoms with Crippen molar-refractivity contribution >= 4 is 17.5 Å². The Morgan fingerprint density at radius 3 is 2.63 bits per heavy atom. The zero-order chi connectivity index (χ0) is 19.3. The fourth-order valence-electron chi connectivity index (χ4n) is 3.46. The number of rotatable bonds is 6. The summed E-state index contributed by atoms with van der Waals surface area (Å²) >= 11 is 5.93. The molecule has 2 N–H and O–H groups in total. The monoisotopic (exact) mass is 390 g/mol. The summed E-state index contributed by atoms with van der Waals surface area (Å²) in [4.78, 5) is 14.2. The molecule has 1 heterocycles. The van der Waals surface area contributed by atoms with Crippen LogP contribution in [0.25, 0.3) is 0 Å². The van der Waals surface area contributed by atoms with E-state index in [0.29, 0.717) is 49.5 Å². The number of likely N-dealkylation sites (tertiary alicyclic amines) is 1. The van der Waals surface area contributed by atoms with E-state index in [1.54, 1.807) is 24.3 Å². The molecule has 0 atom stereocenters. The smallest absolute Gasteiger partial charge is 0.224 e. The summed E-state index contributed by atoms with van der Waals surface area (Å²) in [5.41, 5.74) is 0.545. The molecule has 1 saturated heterocycles. The lowest BCUT2D eigenvalue weighted by atomic mass is 9.84. The second-order valence-electron chi connectivity index (χ2n) is 7.04. The highest BCUT2D eigenvalue weighted by molar-refractivity contribution is 6.30. The molecule has 1 aliphatic rings. The number of hydrogen-bond acceptors (Lipinski definition) is 3. The molecule has 1 fully saturated rings. The van der Waals surface area contributed by atoms with Crippen LogP contribution in [0.4, 0.5) is 4.39 Å². The van der Waals surface area contributed by atoms with Gasteiger partial charge in [0.05, 0.1) is 12.0 Å². The Kier molecular flexibility index (Phi) is 6.47. The Hall–Kier alpha value is -1.95. The first-order valence-corrected chi connectivity index (χ1v) is 9.54. The quantitative estimate of drug-likeness (QED) is 0.796. The van der Waals surface area contributed by atoms with Gasteiger partial charge in [-0.15, -0.1) is 0 Å². The molecule has 4 nitrogen and oxygen atoms in total. The zero-order valence-electron chi connectivity index (χ0n) is 15.1. The number of benzene rings is 2. The van der Waals surface area contributed by atoms with Gasteiger partial charge in [0.2, 0.25) is 5.91 Å². The highest BCUT2D eigenvalue weighted by Crippen LogP contribution is 2.32. The molecule has 144 valence electrons. The molecule has 0 saturated carbocycles. The van der Waals surface area contributed by atoms with Crippen LogP contribution in [-0.2, 0) is 16.8 Å². The van der Waals surface area contributed by atoms with Crippen molar-refractivity contribution in [2.45, 2.75) is 24.9 Å². The van der Waals surface area contributed by atoms with E-state index in [1.165, 1.54) is 12.1 Å². The van der Waals surface area contributed by atoms with Crippen molar-refractivity contribution in [2.24, 2.45) is 0 Å². The molecule has 3 rings (SSSR count). The summed E-state index contributed by atoms with van der Waals surface area (Å²) in [6.45, 7) is 2.69. The number of carbonyl (C=O) groups excluding carboxylic acids is 1. The lowest BCUT2D eigenvalue weighted by Gasteiger charge is -2.38. The third-order valence-electron chi connectivity index (χ3n) is 5.05. The van der Waals surface area contributed by atoms with E-state index in [1.807, 2.05) is 12.1 Å². The molecule has 0 aliphatic carbocycles. The lowest BCUT2D eigenvalue weighted by Crippen LogP contribution is -2.45. The van der Waals surface area contributed by atoms with E-state index in [9.17, 15) is 14.3 Å². The third kappa shape index (κ3) is 5.51. The Labute approximate surface area is 164 Å². The van der Waals surface area contributed by atoms with Crippen molar-refractivity contribution in [1.82, 2.24) is 10.2 Å². The van der Waals surface area contributed by atoms with Crippen molar-refractivity contribution in [2.75, 3.05) is 26.2 Å². The van der Waals surface area contributed by atoms with Crippen LogP contribution in [-0.4, -0.2) is 42.1 Å². The van der Waals surface area contributed by atoms with Gasteiger partial charge >= 0.3 is 0 Å². The number of carbonyl (C=O) groups is 1. The summed E-state index contributed by atoms with van der Waals surface area (Å²) in [5.74, 6) is -0.365. The first kappa shape index (κ1) is 19.8. The maximum absolute atomic E-state index is 13.4. The maximum atomic E-state index is 13.4. The van der Waals surface area contributed by atoms with E-state index in [-0.39, 0.29) is 11.7 Å². The molecule has 0 radical (unpaired) electrons. The summed E-state index contributed by atoms with van der Waals surface area (Å²) in [5, 5.41) is 14.4. The Balaban J connectivity index is 1.41. The molecular formula is C21H24ClFN2O2. The molecule has 2 aromatic carbocycles. The number of amides is 1. The highest BCUT2D eigenvalue weighted by atomic mass is 35.5. The van der Waals surface area contributed by atoms with Gasteiger partial charge in [0, 0.05) is 31.2 Å². The van der Waals surface area contributed by atoms with Crippen LogP contribution >= 0.6 is 11.6 Å². The van der Waals surface area contributed by atoms with Crippen LogP contribution in [0.3, 0.4) is 0 Å². The van der Waals surface area contributed by atoms with Gasteiger partial charge in [0.1, 0.15) is 5.82 Å². The first-order valence-electron chi connectivity index (χ1n) is 9.16. The predicted molar refractivity (Wildman–Crippen MR) is 104 cm³/mol. The van der Waals surface area contributed by atoms with Crippen molar-refractivity contribution in [3.8, 4) is 0 Å². The number of halogens is 2. The van der Waals surface area contributed by atoms with Crippen LogP contribution in [0.2, 0.25) is 5.02 Å². The minimum atomic E-state index is -0.978.